The number of carbonyl (C=O) groups excluding carboxylic acids is 3. The van der Waals surface area contributed by atoms with Gasteiger partial charge in [-0.3, -0.25) is 4.79 Å². The average Bonchev–Trinajstić information content (AvgIpc) is 2.91. The van der Waals surface area contributed by atoms with Crippen LogP contribution >= 0.6 is 11.3 Å². The largest absolute Gasteiger partial charge is 0.465 e. The van der Waals surface area contributed by atoms with Gasteiger partial charge in [-0.1, -0.05) is 12.5 Å². The van der Waals surface area contributed by atoms with Crippen molar-refractivity contribution < 1.29 is 23.9 Å². The number of ether oxygens (including phenoxy) is 2. The standard InChI is InChI=1S/C21H20N2O5S/c1-27-21(26)18-15-8-3-2-4-9-16(15)29-19(18)23-17(24)12-28-20(25)14-7-5-6-13(10-14)11-22/h5-7,10H,2-4,8-9,12H2,1H3,(H,23,24). The predicted molar refractivity (Wildman–Crippen MR) is 107 cm³/mol. The molecule has 2 aromatic rings. The smallest absolute Gasteiger partial charge is 0.341 e. The molecule has 0 fully saturated rings. The van der Waals surface area contributed by atoms with Crippen LogP contribution in [0.1, 0.15) is 56.0 Å². The van der Waals surface area contributed by atoms with Crippen LogP contribution in [0.2, 0.25) is 0 Å². The zero-order chi connectivity index (χ0) is 20.8. The topological polar surface area (TPSA) is 105 Å². The monoisotopic (exact) mass is 412 g/mol. The number of benzene rings is 1. The summed E-state index contributed by atoms with van der Waals surface area (Å²) in [5, 5.41) is 12.0. The number of thiophene rings is 1. The fourth-order valence-electron chi connectivity index (χ4n) is 3.24. The molecular formula is C21H20N2O5S. The van der Waals surface area contributed by atoms with E-state index in [1.807, 2.05) is 6.07 Å². The third-order valence-corrected chi connectivity index (χ3v) is 5.83. The maximum Gasteiger partial charge on any atom is 0.341 e. The van der Waals surface area contributed by atoms with Gasteiger partial charge < -0.3 is 14.8 Å². The molecule has 0 spiro atoms. The summed E-state index contributed by atoms with van der Waals surface area (Å²) in [4.78, 5) is 37.8. The van der Waals surface area contributed by atoms with Crippen LogP contribution in [0.5, 0.6) is 0 Å². The summed E-state index contributed by atoms with van der Waals surface area (Å²) >= 11 is 1.37. The van der Waals surface area contributed by atoms with Crippen molar-refractivity contribution in [2.45, 2.75) is 32.1 Å². The maximum absolute atomic E-state index is 12.3. The number of hydrogen-bond donors (Lipinski definition) is 1. The molecule has 1 amide bonds. The number of rotatable bonds is 5. The second-order valence-corrected chi connectivity index (χ2v) is 7.68. The van der Waals surface area contributed by atoms with Gasteiger partial charge in [0, 0.05) is 4.88 Å². The third-order valence-electron chi connectivity index (χ3n) is 4.63. The first kappa shape index (κ1) is 20.6. The summed E-state index contributed by atoms with van der Waals surface area (Å²) in [6, 6.07) is 7.98. The number of aryl methyl sites for hydroxylation is 1. The lowest BCUT2D eigenvalue weighted by Crippen LogP contribution is -2.21. The van der Waals surface area contributed by atoms with E-state index in [9.17, 15) is 14.4 Å². The quantitative estimate of drug-likeness (QED) is 0.595. The summed E-state index contributed by atoms with van der Waals surface area (Å²) < 4.78 is 9.94. The average molecular weight is 412 g/mol. The first-order valence-electron chi connectivity index (χ1n) is 9.23. The highest BCUT2D eigenvalue weighted by Gasteiger charge is 2.26. The van der Waals surface area contributed by atoms with Crippen molar-refractivity contribution >= 4 is 34.2 Å². The number of nitrogens with one attached hydrogen (secondary N) is 1. The van der Waals surface area contributed by atoms with Crippen molar-refractivity contribution in [1.29, 1.82) is 5.26 Å². The van der Waals surface area contributed by atoms with Crippen LogP contribution < -0.4 is 5.32 Å². The zero-order valence-electron chi connectivity index (χ0n) is 15.9. The Bertz CT molecular complexity index is 989. The van der Waals surface area contributed by atoms with Gasteiger partial charge in [0.2, 0.25) is 0 Å². The van der Waals surface area contributed by atoms with Crippen molar-refractivity contribution in [2.24, 2.45) is 0 Å². The number of anilines is 1. The molecule has 1 aliphatic rings. The van der Waals surface area contributed by atoms with E-state index in [1.54, 1.807) is 12.1 Å². The minimum atomic E-state index is -0.701. The Labute approximate surface area is 172 Å². The highest BCUT2D eigenvalue weighted by Crippen LogP contribution is 2.37. The highest BCUT2D eigenvalue weighted by molar-refractivity contribution is 7.17. The van der Waals surface area contributed by atoms with Crippen LogP contribution in [-0.2, 0) is 27.1 Å². The number of carbonyl (C=O) groups is 3. The van der Waals surface area contributed by atoms with Crippen LogP contribution in [-0.4, -0.2) is 31.6 Å². The molecule has 0 saturated carbocycles. The fourth-order valence-corrected chi connectivity index (χ4v) is 4.54. The molecule has 0 unspecified atom stereocenters. The molecule has 0 saturated heterocycles. The maximum atomic E-state index is 12.3. The normalized spacial score (nSPS) is 12.8. The number of amides is 1. The first-order chi connectivity index (χ1) is 14.0. The van der Waals surface area contributed by atoms with Crippen LogP contribution in [0.4, 0.5) is 5.00 Å². The zero-order valence-corrected chi connectivity index (χ0v) is 16.8. The van der Waals surface area contributed by atoms with Gasteiger partial charge in [-0.05, 0) is 49.4 Å². The van der Waals surface area contributed by atoms with E-state index < -0.39 is 24.5 Å². The molecule has 0 aliphatic heterocycles. The predicted octanol–water partition coefficient (Wildman–Crippen LogP) is 3.47. The number of hydrogen-bond acceptors (Lipinski definition) is 7. The van der Waals surface area contributed by atoms with Crippen molar-refractivity contribution in [1.82, 2.24) is 0 Å². The fraction of sp³-hybridized carbons (Fsp3) is 0.333. The van der Waals surface area contributed by atoms with Gasteiger partial charge in [0.25, 0.3) is 5.91 Å². The van der Waals surface area contributed by atoms with E-state index in [0.717, 1.165) is 42.5 Å². The van der Waals surface area contributed by atoms with Crippen LogP contribution in [0.25, 0.3) is 0 Å². The molecule has 150 valence electrons. The molecule has 1 aromatic heterocycles. The van der Waals surface area contributed by atoms with E-state index in [-0.39, 0.29) is 5.56 Å². The van der Waals surface area contributed by atoms with E-state index in [1.165, 1.54) is 30.6 Å². The molecule has 29 heavy (non-hydrogen) atoms. The van der Waals surface area contributed by atoms with Crippen LogP contribution in [0.15, 0.2) is 24.3 Å². The number of nitrogens with zero attached hydrogens (tertiary/aromatic N) is 1. The van der Waals surface area contributed by atoms with Gasteiger partial charge >= 0.3 is 11.9 Å². The molecule has 1 N–H and O–H groups in total. The third kappa shape index (κ3) is 4.81. The Kier molecular flexibility index (Phi) is 6.62. The Morgan fingerprint density at radius 3 is 2.72 bits per heavy atom. The van der Waals surface area contributed by atoms with Gasteiger partial charge in [-0.2, -0.15) is 5.26 Å². The second kappa shape index (κ2) is 9.34. The van der Waals surface area contributed by atoms with Crippen molar-refractivity contribution in [3.63, 3.8) is 0 Å². The van der Waals surface area contributed by atoms with Gasteiger partial charge in [0.15, 0.2) is 6.61 Å². The van der Waals surface area contributed by atoms with Gasteiger partial charge in [0.05, 0.1) is 29.9 Å². The highest BCUT2D eigenvalue weighted by atomic mass is 32.1. The lowest BCUT2D eigenvalue weighted by atomic mass is 10.1. The van der Waals surface area contributed by atoms with Crippen LogP contribution in [0.3, 0.4) is 0 Å². The van der Waals surface area contributed by atoms with Crippen molar-refractivity contribution in [3.05, 3.63) is 51.4 Å². The molecule has 1 aliphatic carbocycles. The van der Waals surface area contributed by atoms with E-state index in [2.05, 4.69) is 5.32 Å². The first-order valence-corrected chi connectivity index (χ1v) is 10.0. The van der Waals surface area contributed by atoms with Crippen molar-refractivity contribution in [2.75, 3.05) is 19.0 Å². The summed E-state index contributed by atoms with van der Waals surface area (Å²) in [5.74, 6) is -1.73. The summed E-state index contributed by atoms with van der Waals surface area (Å²) in [6.45, 7) is -0.501. The summed E-state index contributed by atoms with van der Waals surface area (Å²) in [5.41, 5.74) is 1.86. The SMILES string of the molecule is COC(=O)c1c(NC(=O)COC(=O)c2cccc(C#N)c2)sc2c1CCCCC2. The Hall–Kier alpha value is -3.18. The Morgan fingerprint density at radius 1 is 1.17 bits per heavy atom. The lowest BCUT2D eigenvalue weighted by Gasteiger charge is -2.08. The summed E-state index contributed by atoms with van der Waals surface area (Å²) in [6.07, 6.45) is 4.77. The van der Waals surface area contributed by atoms with E-state index in [4.69, 9.17) is 14.7 Å². The molecule has 0 bridgehead atoms. The Morgan fingerprint density at radius 2 is 1.97 bits per heavy atom. The number of methoxy groups -OCH3 is 1. The second-order valence-electron chi connectivity index (χ2n) is 6.58. The molecule has 0 radical (unpaired) electrons. The molecule has 1 aromatic carbocycles. The molecular weight excluding hydrogens is 392 g/mol. The minimum absolute atomic E-state index is 0.190. The van der Waals surface area contributed by atoms with Gasteiger partial charge in [-0.25, -0.2) is 9.59 Å². The number of nitriles is 1. The molecule has 8 heteroatoms. The molecule has 3 rings (SSSR count). The molecule has 7 nitrogen and oxygen atoms in total. The summed E-state index contributed by atoms with van der Waals surface area (Å²) in [7, 11) is 1.31. The van der Waals surface area contributed by atoms with E-state index in [0.29, 0.717) is 16.1 Å². The van der Waals surface area contributed by atoms with Crippen LogP contribution in [0, 0.1) is 11.3 Å². The molecule has 0 atom stereocenters. The van der Waals surface area contributed by atoms with Gasteiger partial charge in [-0.15, -0.1) is 11.3 Å². The number of esters is 2. The Balaban J connectivity index is 1.69. The molecule has 1 heterocycles. The van der Waals surface area contributed by atoms with Gasteiger partial charge in [0.1, 0.15) is 5.00 Å². The number of fused-ring (bicyclic) bond motifs is 1. The minimum Gasteiger partial charge on any atom is -0.465 e. The van der Waals surface area contributed by atoms with Crippen molar-refractivity contribution in [3.8, 4) is 6.07 Å². The van der Waals surface area contributed by atoms with E-state index >= 15 is 0 Å². The lowest BCUT2D eigenvalue weighted by molar-refractivity contribution is -0.119.